The van der Waals surface area contributed by atoms with E-state index in [4.69, 9.17) is 9.47 Å². The Bertz CT molecular complexity index is 1250. The number of aryl methyl sites for hydroxylation is 1. The molecule has 0 saturated carbocycles. The van der Waals surface area contributed by atoms with Crippen LogP contribution in [0.1, 0.15) is 17.2 Å². The molecule has 194 valence electrons. The molecular formula is C22H21F6N5O3. The molecule has 0 amide bonds. The average Bonchev–Trinajstić information content (AvgIpc) is 2.80. The van der Waals surface area contributed by atoms with Gasteiger partial charge in [0.15, 0.2) is 11.5 Å². The molecule has 2 aromatic heterocycles. The van der Waals surface area contributed by atoms with Gasteiger partial charge in [-0.05, 0) is 31.8 Å². The van der Waals surface area contributed by atoms with Gasteiger partial charge in [-0.3, -0.25) is 4.99 Å². The maximum Gasteiger partial charge on any atom is 0.433 e. The predicted octanol–water partition coefficient (Wildman–Crippen LogP) is 5.26. The summed E-state index contributed by atoms with van der Waals surface area (Å²) in [6, 6.07) is 4.68. The lowest BCUT2D eigenvalue weighted by Crippen LogP contribution is -2.38. The second-order valence-electron chi connectivity index (χ2n) is 7.45. The van der Waals surface area contributed by atoms with E-state index in [1.54, 1.807) is 6.92 Å². The zero-order chi connectivity index (χ0) is 26.7. The van der Waals surface area contributed by atoms with Gasteiger partial charge in [0.25, 0.3) is 0 Å². The third-order valence-electron chi connectivity index (χ3n) is 4.82. The van der Waals surface area contributed by atoms with Crippen molar-refractivity contribution < 1.29 is 40.6 Å². The first-order valence-corrected chi connectivity index (χ1v) is 10.2. The lowest BCUT2D eigenvalue weighted by Gasteiger charge is -2.22. The largest absolute Gasteiger partial charge is 0.493 e. The van der Waals surface area contributed by atoms with E-state index in [2.05, 4.69) is 36.7 Å². The molecule has 0 aliphatic rings. The van der Waals surface area contributed by atoms with Gasteiger partial charge in [0.05, 0.1) is 37.2 Å². The van der Waals surface area contributed by atoms with Gasteiger partial charge in [-0.15, -0.1) is 0 Å². The summed E-state index contributed by atoms with van der Waals surface area (Å²) >= 11 is 0. The van der Waals surface area contributed by atoms with E-state index in [1.165, 1.54) is 25.3 Å². The number of ether oxygens (including phenoxy) is 3. The van der Waals surface area contributed by atoms with Gasteiger partial charge in [0.1, 0.15) is 17.3 Å². The summed E-state index contributed by atoms with van der Waals surface area (Å²) in [5.74, 6) is 0.153. The van der Waals surface area contributed by atoms with E-state index in [9.17, 15) is 26.3 Å². The summed E-state index contributed by atoms with van der Waals surface area (Å²) in [7, 11) is 2.36. The zero-order valence-electron chi connectivity index (χ0n) is 19.3. The van der Waals surface area contributed by atoms with Gasteiger partial charge in [-0.2, -0.15) is 26.3 Å². The summed E-state index contributed by atoms with van der Waals surface area (Å²) in [5, 5.41) is 3.10. The summed E-state index contributed by atoms with van der Waals surface area (Å²) in [5.41, 5.74) is -0.895. The molecule has 0 fully saturated rings. The van der Waals surface area contributed by atoms with Crippen LogP contribution in [0.25, 0.3) is 10.9 Å². The van der Waals surface area contributed by atoms with Crippen molar-refractivity contribution in [2.24, 2.45) is 4.99 Å². The molecule has 0 aliphatic carbocycles. The van der Waals surface area contributed by atoms with Crippen LogP contribution in [0.5, 0.6) is 11.5 Å². The number of methoxy groups -OCH3 is 2. The van der Waals surface area contributed by atoms with Crippen molar-refractivity contribution in [1.29, 1.82) is 0 Å². The summed E-state index contributed by atoms with van der Waals surface area (Å²) < 4.78 is 94.7. The predicted molar refractivity (Wildman–Crippen MR) is 119 cm³/mol. The molecule has 0 radical (unpaired) electrons. The quantitative estimate of drug-likeness (QED) is 0.306. The number of nitrogens with zero attached hydrogens (tertiary/aromatic N) is 4. The molecule has 1 unspecified atom stereocenters. The van der Waals surface area contributed by atoms with Crippen LogP contribution in [0.15, 0.2) is 29.3 Å². The number of aliphatic imine (C=N–C) groups is 1. The van der Waals surface area contributed by atoms with Gasteiger partial charge in [-0.25, -0.2) is 15.0 Å². The van der Waals surface area contributed by atoms with Crippen LogP contribution in [0.3, 0.4) is 0 Å². The number of hydrogen-bond acceptors (Lipinski definition) is 8. The Labute approximate surface area is 201 Å². The Morgan fingerprint density at radius 3 is 2.31 bits per heavy atom. The van der Waals surface area contributed by atoms with Crippen molar-refractivity contribution in [3.05, 3.63) is 41.5 Å². The van der Waals surface area contributed by atoms with E-state index < -0.39 is 30.8 Å². The third-order valence-corrected chi connectivity index (χ3v) is 4.82. The Hall–Kier alpha value is -3.68. The average molecular weight is 517 g/mol. The molecule has 1 N–H and O–H groups in total. The van der Waals surface area contributed by atoms with Crippen LogP contribution in [0.4, 0.5) is 37.8 Å². The number of halogens is 6. The number of benzene rings is 1. The Kier molecular flexibility index (Phi) is 7.86. The molecule has 1 aromatic carbocycles. The molecule has 0 spiro atoms. The smallest absolute Gasteiger partial charge is 0.433 e. The number of rotatable bonds is 9. The lowest BCUT2D eigenvalue weighted by molar-refractivity contribution is -0.206. The highest BCUT2D eigenvalue weighted by Crippen LogP contribution is 2.37. The van der Waals surface area contributed by atoms with Crippen molar-refractivity contribution in [3.63, 3.8) is 0 Å². The van der Waals surface area contributed by atoms with Crippen molar-refractivity contribution in [1.82, 2.24) is 15.0 Å². The monoisotopic (exact) mass is 517 g/mol. The van der Waals surface area contributed by atoms with Crippen LogP contribution < -0.4 is 14.8 Å². The highest BCUT2D eigenvalue weighted by molar-refractivity contribution is 5.91. The molecule has 0 bridgehead atoms. The Morgan fingerprint density at radius 1 is 1.00 bits per heavy atom. The van der Waals surface area contributed by atoms with Crippen LogP contribution in [0, 0.1) is 6.92 Å². The standard InChI is InChI=1S/C22H21F6N5O3/c1-11-31-15-8-16(35-4)17(36-19(10-34-3)22(26,27)28)7-14(15)20(32-11)30-9-13-5-12(29-2)6-18(33-13)21(23,24)25/h5-8,19H,2,9-10H2,1,3-4H3,(H,30,31,32). The Morgan fingerprint density at radius 2 is 1.72 bits per heavy atom. The minimum atomic E-state index is -4.73. The zero-order valence-corrected chi connectivity index (χ0v) is 19.3. The molecule has 0 aliphatic heterocycles. The second kappa shape index (κ2) is 10.5. The number of fused-ring (bicyclic) bond motifs is 1. The van der Waals surface area contributed by atoms with E-state index in [0.29, 0.717) is 11.3 Å². The molecule has 36 heavy (non-hydrogen) atoms. The van der Waals surface area contributed by atoms with Gasteiger partial charge >= 0.3 is 12.4 Å². The fourth-order valence-electron chi connectivity index (χ4n) is 3.21. The van der Waals surface area contributed by atoms with Gasteiger partial charge < -0.3 is 19.5 Å². The molecule has 0 saturated heterocycles. The normalized spacial score (nSPS) is 12.9. The third kappa shape index (κ3) is 6.30. The van der Waals surface area contributed by atoms with E-state index in [1.807, 2.05) is 0 Å². The molecule has 3 rings (SSSR count). The topological polar surface area (TPSA) is 90.8 Å². The number of anilines is 1. The van der Waals surface area contributed by atoms with Gasteiger partial charge in [0, 0.05) is 18.6 Å². The van der Waals surface area contributed by atoms with Crippen molar-refractivity contribution >= 4 is 29.1 Å². The van der Waals surface area contributed by atoms with Crippen molar-refractivity contribution in [3.8, 4) is 11.5 Å². The SMILES string of the molecule is C=Nc1cc(CNc2nc(C)nc3cc(OC)c(OC(COC)C(F)(F)F)cc23)nc(C(F)(F)F)c1. The number of aromatic nitrogens is 3. The molecule has 14 heteroatoms. The lowest BCUT2D eigenvalue weighted by atomic mass is 10.2. The Balaban J connectivity index is 2.02. The second-order valence-corrected chi connectivity index (χ2v) is 7.45. The maximum atomic E-state index is 13.4. The van der Waals surface area contributed by atoms with Crippen LogP contribution in [0.2, 0.25) is 0 Å². The number of pyridine rings is 1. The van der Waals surface area contributed by atoms with Crippen molar-refractivity contribution in [2.75, 3.05) is 26.1 Å². The minimum Gasteiger partial charge on any atom is -0.493 e. The minimum absolute atomic E-state index is 0.0149. The first kappa shape index (κ1) is 26.9. The van der Waals surface area contributed by atoms with E-state index >= 15 is 0 Å². The maximum absolute atomic E-state index is 13.4. The van der Waals surface area contributed by atoms with Crippen LogP contribution in [-0.2, 0) is 17.5 Å². The number of nitrogens with one attached hydrogen (secondary N) is 1. The number of alkyl halides is 6. The molecule has 1 atom stereocenters. The fourth-order valence-corrected chi connectivity index (χ4v) is 3.21. The molecular weight excluding hydrogens is 496 g/mol. The van der Waals surface area contributed by atoms with Crippen LogP contribution >= 0.6 is 0 Å². The summed E-state index contributed by atoms with van der Waals surface area (Å²) in [6.45, 7) is 3.84. The van der Waals surface area contributed by atoms with Gasteiger partial charge in [-0.1, -0.05) is 0 Å². The number of hydrogen-bond donors (Lipinski definition) is 1. The fraction of sp³-hybridized carbons (Fsp3) is 0.364. The van der Waals surface area contributed by atoms with Crippen molar-refractivity contribution in [2.45, 2.75) is 31.9 Å². The summed E-state index contributed by atoms with van der Waals surface area (Å²) in [4.78, 5) is 15.6. The molecule has 3 aromatic rings. The molecule has 8 nitrogen and oxygen atoms in total. The molecule has 2 heterocycles. The summed E-state index contributed by atoms with van der Waals surface area (Å²) in [6.07, 6.45) is -11.7. The van der Waals surface area contributed by atoms with E-state index in [-0.39, 0.29) is 40.6 Å². The van der Waals surface area contributed by atoms with Gasteiger partial charge in [0.2, 0.25) is 6.10 Å². The first-order valence-electron chi connectivity index (χ1n) is 10.2. The van der Waals surface area contributed by atoms with E-state index in [0.717, 1.165) is 13.2 Å². The van der Waals surface area contributed by atoms with Crippen LogP contribution in [-0.4, -0.2) is 54.8 Å². The highest BCUT2D eigenvalue weighted by atomic mass is 19.4. The first-order chi connectivity index (χ1) is 16.8. The highest BCUT2D eigenvalue weighted by Gasteiger charge is 2.42.